The first-order valence-electron chi connectivity index (χ1n) is 10.2. The van der Waals surface area contributed by atoms with E-state index in [4.69, 9.17) is 9.52 Å². The Labute approximate surface area is 183 Å². The first-order chi connectivity index (χ1) is 15.4. The maximum absolute atomic E-state index is 13.6. The van der Waals surface area contributed by atoms with E-state index in [0.29, 0.717) is 5.76 Å². The average Bonchev–Trinajstić information content (AvgIpc) is 3.13. The van der Waals surface area contributed by atoms with E-state index in [2.05, 4.69) is 5.16 Å². The zero-order chi connectivity index (χ0) is 22.4. The van der Waals surface area contributed by atoms with Gasteiger partial charge in [0.1, 0.15) is 11.9 Å². The third kappa shape index (κ3) is 3.30. The SMILES string of the molecule is Cc1noc2c1-c1ccc(-c3ccc(C(=O)O)cc3)cc1C(c1ccc(F)cc1)=N[C@H]2C. The van der Waals surface area contributed by atoms with Gasteiger partial charge in [-0.1, -0.05) is 29.4 Å². The van der Waals surface area contributed by atoms with Crippen molar-refractivity contribution in [1.29, 1.82) is 0 Å². The van der Waals surface area contributed by atoms with Crippen LogP contribution in [0.2, 0.25) is 0 Å². The summed E-state index contributed by atoms with van der Waals surface area (Å²) in [5.41, 5.74) is 7.09. The van der Waals surface area contributed by atoms with Crippen molar-refractivity contribution >= 4 is 11.7 Å². The number of aromatic carboxylic acids is 1. The smallest absolute Gasteiger partial charge is 0.335 e. The quantitative estimate of drug-likeness (QED) is 0.432. The molecular weight excluding hydrogens is 407 g/mol. The minimum atomic E-state index is -0.964. The number of fused-ring (bicyclic) bond motifs is 3. The fourth-order valence-electron chi connectivity index (χ4n) is 4.10. The fraction of sp³-hybridized carbons (Fsp3) is 0.115. The topological polar surface area (TPSA) is 75.7 Å². The van der Waals surface area contributed by atoms with Gasteiger partial charge in [-0.3, -0.25) is 4.99 Å². The molecule has 0 spiro atoms. The highest BCUT2D eigenvalue weighted by atomic mass is 19.1. The molecule has 2 heterocycles. The molecule has 1 atom stereocenters. The van der Waals surface area contributed by atoms with E-state index in [0.717, 1.165) is 44.8 Å². The van der Waals surface area contributed by atoms with Crippen LogP contribution in [0, 0.1) is 12.7 Å². The van der Waals surface area contributed by atoms with E-state index < -0.39 is 5.97 Å². The van der Waals surface area contributed by atoms with E-state index in [1.165, 1.54) is 12.1 Å². The second kappa shape index (κ2) is 7.57. The van der Waals surface area contributed by atoms with Crippen LogP contribution in [0.3, 0.4) is 0 Å². The number of halogens is 1. The van der Waals surface area contributed by atoms with E-state index in [1.807, 2.05) is 32.0 Å². The number of aryl methyl sites for hydroxylation is 1. The van der Waals surface area contributed by atoms with Crippen LogP contribution in [0.1, 0.15) is 45.9 Å². The summed E-state index contributed by atoms with van der Waals surface area (Å²) in [5, 5.41) is 13.3. The maximum atomic E-state index is 13.6. The number of carboxylic acid groups (broad SMARTS) is 1. The van der Waals surface area contributed by atoms with Crippen LogP contribution in [-0.4, -0.2) is 21.9 Å². The summed E-state index contributed by atoms with van der Waals surface area (Å²) in [5.74, 6) is -0.580. The van der Waals surface area contributed by atoms with Crippen molar-refractivity contribution in [3.8, 4) is 22.3 Å². The minimum absolute atomic E-state index is 0.232. The molecule has 3 aromatic carbocycles. The lowest BCUT2D eigenvalue weighted by Crippen LogP contribution is -2.06. The van der Waals surface area contributed by atoms with Gasteiger partial charge in [0, 0.05) is 11.1 Å². The number of hydrogen-bond donors (Lipinski definition) is 1. The molecule has 1 aliphatic rings. The summed E-state index contributed by atoms with van der Waals surface area (Å²) in [7, 11) is 0. The number of nitrogens with zero attached hydrogens (tertiary/aromatic N) is 2. The molecular formula is C26H19FN2O3. The van der Waals surface area contributed by atoms with Crippen LogP contribution in [0.25, 0.3) is 22.3 Å². The molecule has 0 amide bonds. The molecule has 0 bridgehead atoms. The van der Waals surface area contributed by atoms with E-state index in [-0.39, 0.29) is 17.4 Å². The van der Waals surface area contributed by atoms with Crippen molar-refractivity contribution < 1.29 is 18.8 Å². The van der Waals surface area contributed by atoms with Gasteiger partial charge in [-0.2, -0.15) is 0 Å². The predicted molar refractivity (Wildman–Crippen MR) is 120 cm³/mol. The Morgan fingerprint density at radius 3 is 2.28 bits per heavy atom. The Balaban J connectivity index is 1.73. The summed E-state index contributed by atoms with van der Waals surface area (Å²) in [6.07, 6.45) is 0. The van der Waals surface area contributed by atoms with Gasteiger partial charge < -0.3 is 9.63 Å². The van der Waals surface area contributed by atoms with Gasteiger partial charge in [0.05, 0.1) is 22.5 Å². The van der Waals surface area contributed by atoms with Crippen molar-refractivity contribution in [1.82, 2.24) is 5.16 Å². The molecule has 1 aromatic heterocycles. The molecule has 0 unspecified atom stereocenters. The van der Waals surface area contributed by atoms with Crippen molar-refractivity contribution in [3.63, 3.8) is 0 Å². The zero-order valence-electron chi connectivity index (χ0n) is 17.5. The Hall–Kier alpha value is -4.06. The van der Waals surface area contributed by atoms with Gasteiger partial charge in [-0.25, -0.2) is 9.18 Å². The molecule has 5 nitrogen and oxygen atoms in total. The number of hydrogen-bond acceptors (Lipinski definition) is 4. The second-order valence-electron chi connectivity index (χ2n) is 7.81. The molecule has 0 saturated carbocycles. The van der Waals surface area contributed by atoms with Gasteiger partial charge in [-0.15, -0.1) is 0 Å². The van der Waals surface area contributed by atoms with Gasteiger partial charge in [0.15, 0.2) is 5.76 Å². The third-order valence-electron chi connectivity index (χ3n) is 5.72. The monoisotopic (exact) mass is 426 g/mol. The van der Waals surface area contributed by atoms with Crippen LogP contribution in [0.5, 0.6) is 0 Å². The standard InChI is InChI=1S/C26H19FN2O3/c1-14-23-21-12-9-19(16-3-5-18(6-4-16)26(30)31)13-22(21)24(17-7-10-20(27)11-8-17)28-15(2)25(23)32-29-14/h3-13,15H,1-2H3,(H,30,31)/t15-/m0/s1. The number of aliphatic imine (C=N–C) groups is 1. The van der Waals surface area contributed by atoms with Gasteiger partial charge in [0.2, 0.25) is 0 Å². The van der Waals surface area contributed by atoms with E-state index in [1.54, 1.807) is 36.4 Å². The van der Waals surface area contributed by atoms with E-state index >= 15 is 0 Å². The number of carboxylic acids is 1. The molecule has 5 rings (SSSR count). The summed E-state index contributed by atoms with van der Waals surface area (Å²) >= 11 is 0. The normalized spacial score (nSPS) is 14.8. The lowest BCUT2D eigenvalue weighted by molar-refractivity contribution is 0.0697. The first kappa shape index (κ1) is 19.9. The van der Waals surface area contributed by atoms with Crippen LogP contribution >= 0.6 is 0 Å². The first-order valence-corrected chi connectivity index (χ1v) is 10.2. The van der Waals surface area contributed by atoms with Gasteiger partial charge >= 0.3 is 5.97 Å². The summed E-state index contributed by atoms with van der Waals surface area (Å²) in [4.78, 5) is 16.1. The van der Waals surface area contributed by atoms with Gasteiger partial charge in [-0.05, 0) is 73.0 Å². The fourth-order valence-corrected chi connectivity index (χ4v) is 4.10. The van der Waals surface area contributed by atoms with Crippen molar-refractivity contribution in [3.05, 3.63) is 101 Å². The lowest BCUT2D eigenvalue weighted by Gasteiger charge is -2.13. The summed E-state index contributed by atoms with van der Waals surface area (Å²) < 4.78 is 19.2. The van der Waals surface area contributed by atoms with Crippen LogP contribution in [0.4, 0.5) is 4.39 Å². The van der Waals surface area contributed by atoms with Gasteiger partial charge in [0.25, 0.3) is 0 Å². The molecule has 1 aliphatic heterocycles. The van der Waals surface area contributed by atoms with Crippen molar-refractivity contribution in [2.45, 2.75) is 19.9 Å². The highest BCUT2D eigenvalue weighted by Crippen LogP contribution is 2.40. The van der Waals surface area contributed by atoms with Crippen LogP contribution in [0.15, 0.2) is 76.2 Å². The molecule has 158 valence electrons. The highest BCUT2D eigenvalue weighted by Gasteiger charge is 2.28. The predicted octanol–water partition coefficient (Wildman–Crippen LogP) is 6.07. The highest BCUT2D eigenvalue weighted by molar-refractivity contribution is 6.17. The second-order valence-corrected chi connectivity index (χ2v) is 7.81. The number of benzene rings is 3. The minimum Gasteiger partial charge on any atom is -0.478 e. The Morgan fingerprint density at radius 1 is 0.938 bits per heavy atom. The molecule has 6 heteroatoms. The molecule has 0 fully saturated rings. The number of rotatable bonds is 3. The maximum Gasteiger partial charge on any atom is 0.335 e. The summed E-state index contributed by atoms with van der Waals surface area (Å²) in [6, 6.07) is 18.8. The molecule has 32 heavy (non-hydrogen) atoms. The Kier molecular flexibility index (Phi) is 4.70. The Bertz CT molecular complexity index is 1370. The third-order valence-corrected chi connectivity index (χ3v) is 5.72. The lowest BCUT2D eigenvalue weighted by atomic mass is 9.90. The number of aromatic nitrogens is 1. The Morgan fingerprint density at radius 2 is 1.59 bits per heavy atom. The average molecular weight is 426 g/mol. The van der Waals surface area contributed by atoms with E-state index in [9.17, 15) is 14.3 Å². The van der Waals surface area contributed by atoms with Crippen molar-refractivity contribution in [2.75, 3.05) is 0 Å². The molecule has 4 aromatic rings. The molecule has 0 radical (unpaired) electrons. The largest absolute Gasteiger partial charge is 0.478 e. The summed E-state index contributed by atoms with van der Waals surface area (Å²) in [6.45, 7) is 3.85. The number of carbonyl (C=O) groups is 1. The molecule has 1 N–H and O–H groups in total. The molecule has 0 aliphatic carbocycles. The zero-order valence-corrected chi connectivity index (χ0v) is 17.5. The van der Waals surface area contributed by atoms with Crippen LogP contribution in [-0.2, 0) is 0 Å². The molecule has 0 saturated heterocycles. The van der Waals surface area contributed by atoms with Crippen molar-refractivity contribution in [2.24, 2.45) is 4.99 Å². The van der Waals surface area contributed by atoms with Crippen LogP contribution < -0.4 is 0 Å².